The molecule has 4 aromatic carbocycles. The van der Waals surface area contributed by atoms with Gasteiger partial charge in [0, 0.05) is 23.2 Å². The molecule has 3 amide bonds. The van der Waals surface area contributed by atoms with E-state index in [0.29, 0.717) is 22.6 Å². The average Bonchev–Trinajstić information content (AvgIpc) is 3.29. The molecule has 0 spiro atoms. The summed E-state index contributed by atoms with van der Waals surface area (Å²) in [6.07, 6.45) is 1.63. The van der Waals surface area contributed by atoms with Crippen LogP contribution >= 0.6 is 11.8 Å². The first kappa shape index (κ1) is 32.8. The fourth-order valence-corrected chi connectivity index (χ4v) is 5.65. The molecule has 3 N–H and O–H groups in total. The Balaban J connectivity index is 1.25. The van der Waals surface area contributed by atoms with Crippen LogP contribution in [-0.2, 0) is 16.6 Å². The van der Waals surface area contributed by atoms with Crippen LogP contribution < -0.4 is 21.5 Å². The molecule has 0 saturated heterocycles. The summed E-state index contributed by atoms with van der Waals surface area (Å²) in [5.41, 5.74) is 4.15. The summed E-state index contributed by atoms with van der Waals surface area (Å²) in [6.45, 7) is 5.53. The fraction of sp³-hybridized carbons (Fsp3) is 0.135. The molecule has 0 aliphatic rings. The van der Waals surface area contributed by atoms with Crippen LogP contribution in [0.1, 0.15) is 34.1 Å². The van der Waals surface area contributed by atoms with Crippen molar-refractivity contribution in [3.05, 3.63) is 148 Å². The molecular weight excluding hydrogens is 611 g/mol. The largest absolute Gasteiger partial charge is 0.321 e. The Morgan fingerprint density at radius 3 is 2.04 bits per heavy atom. The number of nitrogens with zero attached hydrogens (tertiary/aromatic N) is 2. The molecule has 0 aliphatic heterocycles. The Morgan fingerprint density at radius 1 is 0.787 bits per heavy atom. The van der Waals surface area contributed by atoms with Crippen LogP contribution in [0.2, 0.25) is 0 Å². The summed E-state index contributed by atoms with van der Waals surface area (Å²) in [5, 5.41) is 7.90. The Morgan fingerprint density at radius 2 is 1.40 bits per heavy atom. The molecule has 1 unspecified atom stereocenters. The van der Waals surface area contributed by atoms with Crippen LogP contribution in [-0.4, -0.2) is 32.3 Å². The number of thioether (sulfide) groups is 1. The van der Waals surface area contributed by atoms with Crippen molar-refractivity contribution in [1.82, 2.24) is 14.7 Å². The lowest BCUT2D eigenvalue weighted by molar-refractivity contribution is -0.115. The van der Waals surface area contributed by atoms with Gasteiger partial charge in [0.05, 0.1) is 16.6 Å². The van der Waals surface area contributed by atoms with Gasteiger partial charge in [-0.1, -0.05) is 66.2 Å². The maximum absolute atomic E-state index is 13.4. The topological polar surface area (TPSA) is 114 Å². The quantitative estimate of drug-likeness (QED) is 0.122. The normalized spacial score (nSPS) is 11.9. The first-order chi connectivity index (χ1) is 22.6. The highest BCUT2D eigenvalue weighted by molar-refractivity contribution is 8.00. The zero-order valence-electron chi connectivity index (χ0n) is 26.5. The predicted molar refractivity (Wildman–Crippen MR) is 188 cm³/mol. The lowest BCUT2D eigenvalue weighted by atomic mass is 10.1. The standard InChI is InChI=1S/C37H35N5O4S/c1-24-15-17-27(18-16-24)23-32(39-35(44)28-11-7-5-8-12-28)36(45)38-29-19-21-31(22-20-29)47-26(3)34(43)40-33-25(2)41(4)42(37(33)46)30-13-9-6-10-14-30/h5-23,26H,1-4H3,(H,38,45)(H,39,44)(H,40,43)/b32-23-. The van der Waals surface area contributed by atoms with Crippen LogP contribution in [0.4, 0.5) is 11.4 Å². The molecule has 1 aromatic heterocycles. The van der Waals surface area contributed by atoms with Gasteiger partial charge in [0.1, 0.15) is 11.4 Å². The third-order valence-electron chi connectivity index (χ3n) is 7.51. The molecule has 9 nitrogen and oxygen atoms in total. The van der Waals surface area contributed by atoms with Gasteiger partial charge in [0.25, 0.3) is 17.4 Å². The second kappa shape index (κ2) is 14.7. The summed E-state index contributed by atoms with van der Waals surface area (Å²) < 4.78 is 3.23. The average molecular weight is 646 g/mol. The fourth-order valence-electron chi connectivity index (χ4n) is 4.78. The van der Waals surface area contributed by atoms with E-state index in [1.807, 2.05) is 67.6 Å². The SMILES string of the molecule is Cc1ccc(/C=C(\NC(=O)c2ccccc2)C(=O)Nc2ccc(SC(C)C(=O)Nc3c(C)n(C)n(-c4ccccc4)c3=O)cc2)cc1. The molecule has 0 aliphatic carbocycles. The van der Waals surface area contributed by atoms with Gasteiger partial charge in [-0.3, -0.25) is 23.9 Å². The van der Waals surface area contributed by atoms with Crippen molar-refractivity contribution < 1.29 is 14.4 Å². The molecular formula is C37H35N5O4S. The summed E-state index contributed by atoms with van der Waals surface area (Å²) in [4.78, 5) is 53.4. The zero-order valence-corrected chi connectivity index (χ0v) is 27.3. The third kappa shape index (κ3) is 7.98. The van der Waals surface area contributed by atoms with Gasteiger partial charge in [0.15, 0.2) is 0 Å². The number of anilines is 2. The summed E-state index contributed by atoms with van der Waals surface area (Å²) in [5.74, 6) is -1.19. The van der Waals surface area contributed by atoms with E-state index >= 15 is 0 Å². The van der Waals surface area contributed by atoms with Crippen molar-refractivity contribution >= 4 is 46.9 Å². The number of benzene rings is 4. The van der Waals surface area contributed by atoms with E-state index in [-0.39, 0.29) is 22.9 Å². The highest BCUT2D eigenvalue weighted by Crippen LogP contribution is 2.26. The Hall–Kier alpha value is -5.61. The predicted octanol–water partition coefficient (Wildman–Crippen LogP) is 6.32. The maximum atomic E-state index is 13.4. The van der Waals surface area contributed by atoms with E-state index in [2.05, 4.69) is 16.0 Å². The van der Waals surface area contributed by atoms with Crippen molar-refractivity contribution in [2.45, 2.75) is 30.9 Å². The Labute approximate surface area is 277 Å². The molecule has 0 saturated carbocycles. The van der Waals surface area contributed by atoms with E-state index in [0.717, 1.165) is 16.0 Å². The van der Waals surface area contributed by atoms with Gasteiger partial charge in [-0.05, 0) is 80.9 Å². The second-order valence-corrected chi connectivity index (χ2v) is 12.4. The Bertz CT molecular complexity index is 1980. The summed E-state index contributed by atoms with van der Waals surface area (Å²) in [7, 11) is 1.77. The van der Waals surface area contributed by atoms with Crippen LogP contribution in [0.15, 0.2) is 125 Å². The van der Waals surface area contributed by atoms with Crippen molar-refractivity contribution in [1.29, 1.82) is 0 Å². The monoisotopic (exact) mass is 645 g/mol. The number of aromatic nitrogens is 2. The molecule has 0 radical (unpaired) electrons. The second-order valence-electron chi connectivity index (χ2n) is 11.0. The van der Waals surface area contributed by atoms with Crippen LogP contribution in [0.5, 0.6) is 0 Å². The van der Waals surface area contributed by atoms with Crippen molar-refractivity contribution in [3.63, 3.8) is 0 Å². The maximum Gasteiger partial charge on any atom is 0.295 e. The molecule has 1 atom stereocenters. The lowest BCUT2D eigenvalue weighted by Gasteiger charge is -2.13. The van der Waals surface area contributed by atoms with Crippen LogP contribution in [0.25, 0.3) is 11.8 Å². The minimum atomic E-state index is -0.517. The molecule has 0 bridgehead atoms. The number of carbonyl (C=O) groups is 3. The number of para-hydroxylation sites is 1. The Kier molecular flexibility index (Phi) is 10.2. The van der Waals surface area contributed by atoms with Gasteiger partial charge >= 0.3 is 0 Å². The minimum absolute atomic E-state index is 0.0917. The van der Waals surface area contributed by atoms with Crippen LogP contribution in [0.3, 0.4) is 0 Å². The van der Waals surface area contributed by atoms with Gasteiger partial charge in [0.2, 0.25) is 5.91 Å². The highest BCUT2D eigenvalue weighted by Gasteiger charge is 2.22. The smallest absolute Gasteiger partial charge is 0.295 e. The first-order valence-corrected chi connectivity index (χ1v) is 15.9. The zero-order chi connectivity index (χ0) is 33.5. The third-order valence-corrected chi connectivity index (χ3v) is 8.63. The summed E-state index contributed by atoms with van der Waals surface area (Å²) in [6, 6.07) is 32.6. The lowest BCUT2D eigenvalue weighted by Crippen LogP contribution is -2.30. The van der Waals surface area contributed by atoms with Crippen molar-refractivity contribution in [3.8, 4) is 5.69 Å². The van der Waals surface area contributed by atoms with Gasteiger partial charge in [-0.15, -0.1) is 11.8 Å². The van der Waals surface area contributed by atoms with E-state index in [1.54, 1.807) is 80.2 Å². The van der Waals surface area contributed by atoms with Crippen molar-refractivity contribution in [2.24, 2.45) is 7.05 Å². The number of hydrogen-bond donors (Lipinski definition) is 3. The molecule has 10 heteroatoms. The number of rotatable bonds is 10. The first-order valence-electron chi connectivity index (χ1n) is 15.0. The van der Waals surface area contributed by atoms with E-state index in [9.17, 15) is 19.2 Å². The van der Waals surface area contributed by atoms with Gasteiger partial charge in [-0.25, -0.2) is 4.68 Å². The number of hydrogen-bond acceptors (Lipinski definition) is 5. The molecule has 5 rings (SSSR count). The number of amides is 3. The highest BCUT2D eigenvalue weighted by atomic mass is 32.2. The number of carbonyl (C=O) groups excluding carboxylic acids is 3. The van der Waals surface area contributed by atoms with Gasteiger partial charge in [-0.2, -0.15) is 0 Å². The molecule has 238 valence electrons. The minimum Gasteiger partial charge on any atom is -0.321 e. The molecule has 0 fully saturated rings. The summed E-state index contributed by atoms with van der Waals surface area (Å²) >= 11 is 1.32. The molecule has 1 heterocycles. The van der Waals surface area contributed by atoms with E-state index < -0.39 is 17.1 Å². The van der Waals surface area contributed by atoms with Gasteiger partial charge < -0.3 is 16.0 Å². The van der Waals surface area contributed by atoms with E-state index in [1.165, 1.54) is 16.4 Å². The molecule has 5 aromatic rings. The van der Waals surface area contributed by atoms with Crippen LogP contribution in [0, 0.1) is 13.8 Å². The number of aryl methyl sites for hydroxylation is 1. The number of nitrogens with one attached hydrogen (secondary N) is 3. The van der Waals surface area contributed by atoms with E-state index in [4.69, 9.17) is 0 Å². The molecule has 47 heavy (non-hydrogen) atoms. The van der Waals surface area contributed by atoms with Crippen molar-refractivity contribution in [2.75, 3.05) is 10.6 Å².